The van der Waals surface area contributed by atoms with Crippen LogP contribution in [0.25, 0.3) is 0 Å². The van der Waals surface area contributed by atoms with E-state index in [9.17, 15) is 8.42 Å². The molecule has 0 aromatic heterocycles. The Labute approximate surface area is 125 Å². The molecule has 0 bridgehead atoms. The minimum Gasteiger partial charge on any atom is -0.357 e. The molecule has 1 fully saturated rings. The molecule has 1 aliphatic carbocycles. The fourth-order valence-corrected chi connectivity index (χ4v) is 2.48. The van der Waals surface area contributed by atoms with Crippen molar-refractivity contribution < 1.29 is 8.42 Å². The first kappa shape index (κ1) is 15.8. The van der Waals surface area contributed by atoms with Gasteiger partial charge in [-0.3, -0.25) is 0 Å². The van der Waals surface area contributed by atoms with Gasteiger partial charge in [0.2, 0.25) is 10.0 Å². The summed E-state index contributed by atoms with van der Waals surface area (Å²) < 4.78 is 22.7. The van der Waals surface area contributed by atoms with E-state index in [2.05, 4.69) is 15.6 Å². The highest BCUT2D eigenvalue weighted by molar-refractivity contribution is 7.89. The third-order valence-corrected chi connectivity index (χ3v) is 4.16. The number of aliphatic imine (C=N–C) groups is 1. The molecule has 0 aliphatic heterocycles. The van der Waals surface area contributed by atoms with E-state index < -0.39 is 10.0 Å². The first-order valence-electron chi connectivity index (χ1n) is 7.13. The topological polar surface area (TPSA) is 96.6 Å². The van der Waals surface area contributed by atoms with E-state index in [4.69, 9.17) is 5.14 Å². The summed E-state index contributed by atoms with van der Waals surface area (Å²) in [4.78, 5) is 4.58. The summed E-state index contributed by atoms with van der Waals surface area (Å²) in [6, 6.07) is 6.56. The van der Waals surface area contributed by atoms with Gasteiger partial charge in [0, 0.05) is 13.1 Å². The third kappa shape index (κ3) is 5.35. The van der Waals surface area contributed by atoms with E-state index in [0.717, 1.165) is 30.5 Å². The molecule has 0 spiro atoms. The second kappa shape index (κ2) is 6.91. The van der Waals surface area contributed by atoms with Gasteiger partial charge in [-0.05, 0) is 43.4 Å². The van der Waals surface area contributed by atoms with Crippen molar-refractivity contribution >= 4 is 16.0 Å². The minimum atomic E-state index is -3.67. The molecule has 0 amide bonds. The number of primary sulfonamides is 1. The van der Waals surface area contributed by atoms with Crippen molar-refractivity contribution in [2.45, 2.75) is 31.2 Å². The van der Waals surface area contributed by atoms with Crippen LogP contribution >= 0.6 is 0 Å². The zero-order valence-electron chi connectivity index (χ0n) is 12.2. The van der Waals surface area contributed by atoms with E-state index >= 15 is 0 Å². The maximum absolute atomic E-state index is 11.3. The number of benzene rings is 1. The molecule has 1 saturated carbocycles. The Morgan fingerprint density at radius 1 is 1.38 bits per heavy atom. The van der Waals surface area contributed by atoms with Crippen LogP contribution in [0, 0.1) is 5.92 Å². The lowest BCUT2D eigenvalue weighted by Crippen LogP contribution is -2.38. The number of rotatable bonds is 6. The number of nitrogens with one attached hydrogen (secondary N) is 2. The van der Waals surface area contributed by atoms with Crippen molar-refractivity contribution in [3.63, 3.8) is 0 Å². The number of guanidine groups is 1. The summed E-state index contributed by atoms with van der Waals surface area (Å²) in [6.07, 6.45) is 2.56. The number of sulfonamides is 1. The molecule has 0 heterocycles. The second-order valence-electron chi connectivity index (χ2n) is 5.21. The van der Waals surface area contributed by atoms with Crippen LogP contribution in [-0.2, 0) is 16.6 Å². The molecular formula is C14H22N4O2S. The van der Waals surface area contributed by atoms with Crippen molar-refractivity contribution in [2.75, 3.05) is 13.1 Å². The van der Waals surface area contributed by atoms with Crippen LogP contribution in [-0.4, -0.2) is 27.5 Å². The van der Waals surface area contributed by atoms with Gasteiger partial charge < -0.3 is 10.6 Å². The first-order chi connectivity index (χ1) is 9.99. The lowest BCUT2D eigenvalue weighted by molar-refractivity contribution is 0.597. The SMILES string of the molecule is CCNC(=NCc1cccc(S(N)(=O)=O)c1)NCC1CC1. The Morgan fingerprint density at radius 3 is 2.76 bits per heavy atom. The van der Waals surface area contributed by atoms with Gasteiger partial charge in [0.05, 0.1) is 11.4 Å². The fraction of sp³-hybridized carbons (Fsp3) is 0.500. The average Bonchev–Trinajstić information content (AvgIpc) is 3.25. The number of nitrogens with zero attached hydrogens (tertiary/aromatic N) is 1. The van der Waals surface area contributed by atoms with Crippen molar-refractivity contribution in [3.8, 4) is 0 Å². The van der Waals surface area contributed by atoms with Crippen LogP contribution in [0.4, 0.5) is 0 Å². The Kier molecular flexibility index (Phi) is 5.19. The summed E-state index contributed by atoms with van der Waals surface area (Å²) in [6.45, 7) is 4.13. The molecular weight excluding hydrogens is 288 g/mol. The van der Waals surface area contributed by atoms with Crippen LogP contribution in [0.2, 0.25) is 0 Å². The van der Waals surface area contributed by atoms with Gasteiger partial charge in [0.15, 0.2) is 5.96 Å². The molecule has 1 aromatic rings. The van der Waals surface area contributed by atoms with E-state index in [-0.39, 0.29) is 4.90 Å². The Hall–Kier alpha value is -1.60. The smallest absolute Gasteiger partial charge is 0.238 e. The summed E-state index contributed by atoms with van der Waals surface area (Å²) in [5.41, 5.74) is 0.810. The van der Waals surface area contributed by atoms with Crippen LogP contribution in [0.15, 0.2) is 34.2 Å². The van der Waals surface area contributed by atoms with Gasteiger partial charge in [-0.1, -0.05) is 12.1 Å². The number of hydrogen-bond donors (Lipinski definition) is 3. The highest BCUT2D eigenvalue weighted by Crippen LogP contribution is 2.27. The Bertz CT molecular complexity index is 609. The maximum atomic E-state index is 11.3. The minimum absolute atomic E-state index is 0.117. The van der Waals surface area contributed by atoms with Crippen LogP contribution in [0.1, 0.15) is 25.3 Å². The molecule has 21 heavy (non-hydrogen) atoms. The summed E-state index contributed by atoms with van der Waals surface area (Å²) in [5, 5.41) is 11.6. The van der Waals surface area contributed by atoms with Gasteiger partial charge in [-0.25, -0.2) is 18.5 Å². The first-order valence-corrected chi connectivity index (χ1v) is 8.67. The van der Waals surface area contributed by atoms with E-state index in [0.29, 0.717) is 6.54 Å². The van der Waals surface area contributed by atoms with Crippen molar-refractivity contribution in [2.24, 2.45) is 16.0 Å². The zero-order valence-corrected chi connectivity index (χ0v) is 13.0. The Balaban J connectivity index is 2.02. The number of hydrogen-bond acceptors (Lipinski definition) is 3. The molecule has 116 valence electrons. The highest BCUT2D eigenvalue weighted by atomic mass is 32.2. The van der Waals surface area contributed by atoms with Crippen molar-refractivity contribution in [3.05, 3.63) is 29.8 Å². The monoisotopic (exact) mass is 310 g/mol. The van der Waals surface area contributed by atoms with Gasteiger partial charge in [-0.2, -0.15) is 0 Å². The maximum Gasteiger partial charge on any atom is 0.238 e. The highest BCUT2D eigenvalue weighted by Gasteiger charge is 2.21. The normalized spacial score (nSPS) is 15.8. The lowest BCUT2D eigenvalue weighted by atomic mass is 10.2. The van der Waals surface area contributed by atoms with Gasteiger partial charge in [0.1, 0.15) is 0 Å². The molecule has 0 radical (unpaired) electrons. The van der Waals surface area contributed by atoms with Crippen LogP contribution in [0.3, 0.4) is 0 Å². The Morgan fingerprint density at radius 2 is 2.14 bits per heavy atom. The largest absolute Gasteiger partial charge is 0.357 e. The third-order valence-electron chi connectivity index (χ3n) is 3.25. The zero-order chi connectivity index (χ0) is 15.3. The summed E-state index contributed by atoms with van der Waals surface area (Å²) in [7, 11) is -3.67. The molecule has 0 unspecified atom stereocenters. The van der Waals surface area contributed by atoms with Crippen molar-refractivity contribution in [1.82, 2.24) is 10.6 Å². The standard InChI is InChI=1S/C14H22N4O2S/c1-2-16-14(17-9-11-6-7-11)18-10-12-4-3-5-13(8-12)21(15,19)20/h3-5,8,11H,2,6-7,9-10H2,1H3,(H2,15,19,20)(H2,16,17,18). The van der Waals surface area contributed by atoms with Crippen LogP contribution < -0.4 is 15.8 Å². The van der Waals surface area contributed by atoms with E-state index in [1.165, 1.54) is 18.9 Å². The number of nitrogens with two attached hydrogens (primary N) is 1. The molecule has 2 rings (SSSR count). The van der Waals surface area contributed by atoms with Gasteiger partial charge in [0.25, 0.3) is 0 Å². The predicted octanol–water partition coefficient (Wildman–Crippen LogP) is 0.799. The quantitative estimate of drug-likeness (QED) is 0.535. The summed E-state index contributed by atoms with van der Waals surface area (Å²) in [5.74, 6) is 1.52. The molecule has 0 saturated heterocycles. The van der Waals surface area contributed by atoms with Gasteiger partial charge >= 0.3 is 0 Å². The molecule has 0 atom stereocenters. The van der Waals surface area contributed by atoms with E-state index in [1.54, 1.807) is 12.1 Å². The molecule has 1 aliphatic rings. The fourth-order valence-electron chi connectivity index (χ4n) is 1.90. The average molecular weight is 310 g/mol. The summed E-state index contributed by atoms with van der Waals surface area (Å²) >= 11 is 0. The molecule has 4 N–H and O–H groups in total. The molecule has 7 heteroatoms. The lowest BCUT2D eigenvalue weighted by Gasteiger charge is -2.10. The predicted molar refractivity (Wildman–Crippen MR) is 83.4 cm³/mol. The van der Waals surface area contributed by atoms with Gasteiger partial charge in [-0.15, -0.1) is 0 Å². The van der Waals surface area contributed by atoms with Crippen molar-refractivity contribution in [1.29, 1.82) is 0 Å². The molecule has 1 aromatic carbocycles. The second-order valence-corrected chi connectivity index (χ2v) is 6.77. The molecule has 6 nitrogen and oxygen atoms in total. The van der Waals surface area contributed by atoms with Crippen LogP contribution in [0.5, 0.6) is 0 Å². The van der Waals surface area contributed by atoms with E-state index in [1.807, 2.05) is 13.0 Å².